The van der Waals surface area contributed by atoms with Crippen molar-refractivity contribution in [2.24, 2.45) is 0 Å². The van der Waals surface area contributed by atoms with E-state index < -0.39 is 57.6 Å². The number of amides is 1. The van der Waals surface area contributed by atoms with E-state index in [1.165, 1.54) is 51.4 Å². The van der Waals surface area contributed by atoms with Crippen LogP contribution in [0.1, 0.15) is 149 Å². The number of aliphatic hydroxyl groups is 1. The predicted molar refractivity (Wildman–Crippen MR) is 176 cm³/mol. The number of phosphoric acid groups is 1. The van der Waals surface area contributed by atoms with Gasteiger partial charge in [0.05, 0.1) is 13.2 Å². The molecule has 3 unspecified atom stereocenters. The summed E-state index contributed by atoms with van der Waals surface area (Å²) in [6.45, 7) is 2.49. The number of aliphatic carboxylic acids is 1. The average Bonchev–Trinajstić information content (AvgIpc) is 3.00. The fraction of sp³-hybridized carbons (Fsp3) is 0.848. The summed E-state index contributed by atoms with van der Waals surface area (Å²) in [5.74, 6) is -2.39. The number of phosphoric ester groups is 1. The number of carbonyl (C=O) groups is 3. The van der Waals surface area contributed by atoms with Crippen LogP contribution in [-0.4, -0.2) is 64.9 Å². The van der Waals surface area contributed by atoms with Crippen molar-refractivity contribution in [1.29, 1.82) is 0 Å². The summed E-state index contributed by atoms with van der Waals surface area (Å²) < 4.78 is 26.6. The highest BCUT2D eigenvalue weighted by Gasteiger charge is 2.28. The van der Waals surface area contributed by atoms with Gasteiger partial charge in [-0.3, -0.25) is 18.6 Å². The summed E-state index contributed by atoms with van der Waals surface area (Å²) in [6.07, 6.45) is 24.0. The van der Waals surface area contributed by atoms with Crippen LogP contribution in [0.4, 0.5) is 0 Å². The number of carboxylic acid groups (broad SMARTS) is 1. The van der Waals surface area contributed by atoms with Gasteiger partial charge in [0.25, 0.3) is 0 Å². The van der Waals surface area contributed by atoms with Gasteiger partial charge < -0.3 is 25.2 Å². The number of unbranched alkanes of at least 4 members (excludes halogenated alkanes) is 16. The summed E-state index contributed by atoms with van der Waals surface area (Å²) in [5.41, 5.74) is 0. The zero-order valence-electron chi connectivity index (χ0n) is 27.9. The molecule has 0 aromatic carbocycles. The second-order valence-corrected chi connectivity index (χ2v) is 13.2. The molecular weight excluding hydrogens is 601 g/mol. The van der Waals surface area contributed by atoms with E-state index in [2.05, 4.69) is 31.3 Å². The normalized spacial score (nSPS) is 14.2. The van der Waals surface area contributed by atoms with Crippen molar-refractivity contribution in [3.05, 3.63) is 12.2 Å². The molecule has 0 aliphatic rings. The van der Waals surface area contributed by atoms with Crippen LogP contribution in [0.3, 0.4) is 0 Å². The fourth-order valence-corrected chi connectivity index (χ4v) is 5.30. The largest absolute Gasteiger partial charge is 0.480 e. The molecule has 0 heterocycles. The minimum absolute atomic E-state index is 0.137. The van der Waals surface area contributed by atoms with E-state index in [0.29, 0.717) is 12.8 Å². The van der Waals surface area contributed by atoms with E-state index in [0.717, 1.165) is 57.8 Å². The van der Waals surface area contributed by atoms with E-state index in [1.807, 2.05) is 0 Å². The van der Waals surface area contributed by atoms with Crippen molar-refractivity contribution < 1.29 is 47.8 Å². The van der Waals surface area contributed by atoms with Gasteiger partial charge in [-0.2, -0.15) is 0 Å². The lowest BCUT2D eigenvalue weighted by molar-refractivity contribution is -0.147. The zero-order valence-corrected chi connectivity index (χ0v) is 28.8. The molecule has 11 nitrogen and oxygen atoms in total. The minimum Gasteiger partial charge on any atom is -0.480 e. The third-order valence-electron chi connectivity index (χ3n) is 7.30. The minimum atomic E-state index is -4.74. The van der Waals surface area contributed by atoms with E-state index in [-0.39, 0.29) is 12.8 Å². The monoisotopic (exact) mass is 663 g/mol. The van der Waals surface area contributed by atoms with Gasteiger partial charge in [0.2, 0.25) is 5.91 Å². The molecule has 0 aliphatic heterocycles. The molecule has 0 fully saturated rings. The maximum Gasteiger partial charge on any atom is 0.472 e. The number of ether oxygens (including phenoxy) is 1. The van der Waals surface area contributed by atoms with Crippen LogP contribution in [-0.2, 0) is 32.7 Å². The van der Waals surface area contributed by atoms with Crippen LogP contribution in [0, 0.1) is 0 Å². The Labute approximate surface area is 271 Å². The van der Waals surface area contributed by atoms with Crippen molar-refractivity contribution in [3.63, 3.8) is 0 Å². The summed E-state index contributed by atoms with van der Waals surface area (Å²) >= 11 is 0. The summed E-state index contributed by atoms with van der Waals surface area (Å²) in [7, 11) is -4.74. The lowest BCUT2D eigenvalue weighted by Gasteiger charge is -2.18. The van der Waals surface area contributed by atoms with E-state index in [9.17, 15) is 34.1 Å². The molecule has 3 atom stereocenters. The van der Waals surface area contributed by atoms with Crippen LogP contribution < -0.4 is 5.32 Å². The highest BCUT2D eigenvalue weighted by atomic mass is 31.2. The van der Waals surface area contributed by atoms with Gasteiger partial charge in [0, 0.05) is 12.8 Å². The highest BCUT2D eigenvalue weighted by molar-refractivity contribution is 7.47. The molecule has 4 N–H and O–H groups in total. The molecule has 0 aromatic heterocycles. The van der Waals surface area contributed by atoms with Gasteiger partial charge in [-0.05, 0) is 32.1 Å². The highest BCUT2D eigenvalue weighted by Crippen LogP contribution is 2.43. The Bertz CT molecular complexity index is 838. The van der Waals surface area contributed by atoms with E-state index >= 15 is 0 Å². The fourth-order valence-electron chi connectivity index (χ4n) is 4.53. The third-order valence-corrected chi connectivity index (χ3v) is 8.26. The Kier molecular flexibility index (Phi) is 28.4. The number of nitrogens with one attached hydrogen (secondary N) is 1. The SMILES string of the molecule is CCCC/C=C\CCCCCCCC(=O)NC(COP(=O)(O)OCC(O)COC(=O)CCCCCCCCCCCC)C(=O)O. The Balaban J connectivity index is 4.03. The number of carbonyl (C=O) groups excluding carboxylic acids is 2. The van der Waals surface area contributed by atoms with Crippen LogP contribution in [0.25, 0.3) is 0 Å². The van der Waals surface area contributed by atoms with Crippen LogP contribution in [0.15, 0.2) is 12.2 Å². The van der Waals surface area contributed by atoms with Gasteiger partial charge in [0.15, 0.2) is 6.04 Å². The molecule has 264 valence electrons. The number of hydrogen-bond donors (Lipinski definition) is 4. The number of carboxylic acids is 1. The first-order valence-electron chi connectivity index (χ1n) is 17.2. The number of esters is 1. The maximum atomic E-state index is 12.2. The molecule has 1 amide bonds. The molecule has 0 saturated carbocycles. The zero-order chi connectivity index (χ0) is 33.6. The Morgan fingerprint density at radius 3 is 1.76 bits per heavy atom. The van der Waals surface area contributed by atoms with Gasteiger partial charge in [-0.15, -0.1) is 0 Å². The first-order chi connectivity index (χ1) is 21.6. The molecule has 0 spiro atoms. The second-order valence-electron chi connectivity index (χ2n) is 11.7. The topological polar surface area (TPSA) is 169 Å². The lowest BCUT2D eigenvalue weighted by atomic mass is 10.1. The average molecular weight is 664 g/mol. The Morgan fingerprint density at radius 2 is 1.18 bits per heavy atom. The summed E-state index contributed by atoms with van der Waals surface area (Å²) in [6, 6.07) is -1.54. The number of hydrogen-bond acceptors (Lipinski definition) is 8. The number of allylic oxidation sites excluding steroid dienone is 2. The van der Waals surface area contributed by atoms with Crippen molar-refractivity contribution in [2.75, 3.05) is 19.8 Å². The van der Waals surface area contributed by atoms with Crippen molar-refractivity contribution in [2.45, 2.75) is 161 Å². The Hall–Kier alpha value is -1.78. The second kappa shape index (κ2) is 29.6. The van der Waals surface area contributed by atoms with E-state index in [1.54, 1.807) is 0 Å². The molecule has 45 heavy (non-hydrogen) atoms. The van der Waals surface area contributed by atoms with E-state index in [4.69, 9.17) is 13.8 Å². The Morgan fingerprint density at radius 1 is 0.689 bits per heavy atom. The standard InChI is InChI=1S/C33H62NO10P/c1-3-5-7-9-11-13-15-16-18-20-22-24-31(36)34-30(33(38)39)28-44-45(40,41)43-27-29(35)26-42-32(37)25-23-21-19-17-14-12-10-8-6-4-2/h9,11,29-30,35H,3-8,10,12-28H2,1-2H3,(H,34,36)(H,38,39)(H,40,41)/b11-9-. The molecule has 0 aliphatic carbocycles. The summed E-state index contributed by atoms with van der Waals surface area (Å²) in [4.78, 5) is 45.4. The van der Waals surface area contributed by atoms with Crippen LogP contribution >= 0.6 is 7.82 Å². The van der Waals surface area contributed by atoms with Crippen molar-refractivity contribution in [1.82, 2.24) is 5.32 Å². The molecular formula is C33H62NO10P. The molecule has 0 saturated heterocycles. The predicted octanol–water partition coefficient (Wildman–Crippen LogP) is 7.38. The molecule has 0 aromatic rings. The van der Waals surface area contributed by atoms with Crippen molar-refractivity contribution >= 4 is 25.7 Å². The molecule has 0 radical (unpaired) electrons. The molecule has 0 bridgehead atoms. The maximum absolute atomic E-state index is 12.2. The van der Waals surface area contributed by atoms with Gasteiger partial charge in [-0.1, -0.05) is 116 Å². The van der Waals surface area contributed by atoms with Gasteiger partial charge in [0.1, 0.15) is 12.7 Å². The third kappa shape index (κ3) is 29.4. The van der Waals surface area contributed by atoms with Crippen molar-refractivity contribution in [3.8, 4) is 0 Å². The van der Waals surface area contributed by atoms with Crippen LogP contribution in [0.5, 0.6) is 0 Å². The first kappa shape index (κ1) is 43.2. The molecule has 0 rings (SSSR count). The number of rotatable bonds is 32. The van der Waals surface area contributed by atoms with Gasteiger partial charge >= 0.3 is 19.8 Å². The van der Waals surface area contributed by atoms with Gasteiger partial charge in [-0.25, -0.2) is 9.36 Å². The molecule has 12 heteroatoms. The first-order valence-corrected chi connectivity index (χ1v) is 18.7. The smallest absolute Gasteiger partial charge is 0.472 e. The lowest BCUT2D eigenvalue weighted by Crippen LogP contribution is -2.43. The summed E-state index contributed by atoms with van der Waals surface area (Å²) in [5, 5.41) is 21.6. The van der Waals surface area contributed by atoms with Crippen LogP contribution in [0.2, 0.25) is 0 Å². The quantitative estimate of drug-likeness (QED) is 0.0247. The number of aliphatic hydroxyl groups excluding tert-OH is 1.